The Bertz CT molecular complexity index is 236. The molecule has 0 heterocycles. The van der Waals surface area contributed by atoms with Crippen molar-refractivity contribution in [1.82, 2.24) is 5.32 Å². The van der Waals surface area contributed by atoms with Gasteiger partial charge in [-0.3, -0.25) is 4.99 Å². The molecule has 0 aliphatic carbocycles. The van der Waals surface area contributed by atoms with Gasteiger partial charge >= 0.3 is 0 Å². The summed E-state index contributed by atoms with van der Waals surface area (Å²) in [6.45, 7) is 12.3. The number of hydrogen-bond donors (Lipinski definition) is 1. The summed E-state index contributed by atoms with van der Waals surface area (Å²) in [5.41, 5.74) is 0.741. The molecular formula is C9H13N3. The van der Waals surface area contributed by atoms with Crippen molar-refractivity contribution in [3.05, 3.63) is 38.3 Å². The largest absolute Gasteiger partial charge is 0.346 e. The Kier molecular flexibility index (Phi) is 5.26. The zero-order chi connectivity index (χ0) is 9.40. The smallest absolute Gasteiger partial charge is 0.151 e. The second-order valence-electron chi connectivity index (χ2n) is 1.91. The van der Waals surface area contributed by atoms with E-state index < -0.39 is 0 Å². The summed E-state index contributed by atoms with van der Waals surface area (Å²) in [5.74, 6) is 0.625. The van der Waals surface area contributed by atoms with Crippen LogP contribution >= 0.6 is 0 Å². The van der Waals surface area contributed by atoms with Gasteiger partial charge in [0.15, 0.2) is 5.84 Å². The minimum absolute atomic E-state index is 0.625. The average Bonchev–Trinajstić information content (AvgIpc) is 2.04. The minimum atomic E-state index is 0.625. The van der Waals surface area contributed by atoms with E-state index in [2.05, 4.69) is 35.0 Å². The Morgan fingerprint density at radius 3 is 2.17 bits per heavy atom. The van der Waals surface area contributed by atoms with E-state index in [-0.39, 0.29) is 0 Å². The maximum Gasteiger partial charge on any atom is 0.151 e. The van der Waals surface area contributed by atoms with Crippen LogP contribution in [0.15, 0.2) is 48.3 Å². The van der Waals surface area contributed by atoms with Gasteiger partial charge in [-0.2, -0.15) is 0 Å². The molecule has 0 aliphatic rings. The van der Waals surface area contributed by atoms with E-state index in [1.54, 1.807) is 0 Å². The minimum Gasteiger partial charge on any atom is -0.346 e. The molecule has 0 unspecified atom stereocenters. The predicted octanol–water partition coefficient (Wildman–Crippen LogP) is 1.87. The summed E-state index contributed by atoms with van der Waals surface area (Å²) >= 11 is 0. The van der Waals surface area contributed by atoms with Crippen LogP contribution in [0.25, 0.3) is 0 Å². The Morgan fingerprint density at radius 1 is 1.17 bits per heavy atom. The second-order valence-corrected chi connectivity index (χ2v) is 1.91. The Hall–Kier alpha value is -1.64. The van der Waals surface area contributed by atoms with Gasteiger partial charge in [0.1, 0.15) is 0 Å². The van der Waals surface area contributed by atoms with Gasteiger partial charge in [0.25, 0.3) is 0 Å². The molecule has 0 radical (unpaired) electrons. The van der Waals surface area contributed by atoms with Gasteiger partial charge in [-0.1, -0.05) is 19.7 Å². The first kappa shape index (κ1) is 10.4. The van der Waals surface area contributed by atoms with Gasteiger partial charge in [0, 0.05) is 12.4 Å². The zero-order valence-corrected chi connectivity index (χ0v) is 7.25. The lowest BCUT2D eigenvalue weighted by Crippen LogP contribution is -2.24. The molecule has 0 amide bonds. The molecule has 1 N–H and O–H groups in total. The van der Waals surface area contributed by atoms with Gasteiger partial charge in [-0.25, -0.2) is 4.99 Å². The van der Waals surface area contributed by atoms with Crippen LogP contribution < -0.4 is 5.32 Å². The fraction of sp³-hybridized carbons (Fsp3) is 0.111. The van der Waals surface area contributed by atoms with Crippen molar-refractivity contribution >= 4 is 11.5 Å². The highest BCUT2D eigenvalue weighted by Crippen LogP contribution is 1.84. The lowest BCUT2D eigenvalue weighted by Gasteiger charge is -2.02. The van der Waals surface area contributed by atoms with Crippen molar-refractivity contribution in [2.45, 2.75) is 6.92 Å². The van der Waals surface area contributed by atoms with Gasteiger partial charge < -0.3 is 5.32 Å². The van der Waals surface area contributed by atoms with Gasteiger partial charge in [-0.05, 0) is 13.1 Å². The summed E-state index contributed by atoms with van der Waals surface area (Å²) in [4.78, 5) is 7.91. The standard InChI is InChI=1S/C9H13N3/c1-5-10-8(4)9(11-6-2)12-7-3/h5-7H,1-3H2,4H3,(H,11,12)/b10-8-. The molecule has 0 bridgehead atoms. The number of rotatable bonds is 4. The van der Waals surface area contributed by atoms with E-state index >= 15 is 0 Å². The lowest BCUT2D eigenvalue weighted by molar-refractivity contribution is 1.28. The molecule has 0 aromatic carbocycles. The first-order chi connectivity index (χ1) is 5.76. The molecule has 3 nitrogen and oxygen atoms in total. The highest BCUT2D eigenvalue weighted by molar-refractivity contribution is 6.41. The van der Waals surface area contributed by atoms with E-state index in [4.69, 9.17) is 0 Å². The fourth-order valence-electron chi connectivity index (χ4n) is 0.621. The molecular weight excluding hydrogens is 150 g/mol. The third-order valence-electron chi connectivity index (χ3n) is 1.09. The van der Waals surface area contributed by atoms with Crippen molar-refractivity contribution in [1.29, 1.82) is 0 Å². The number of hydrogen-bond acceptors (Lipinski definition) is 2. The van der Waals surface area contributed by atoms with Crippen LogP contribution in [0.5, 0.6) is 0 Å². The fourth-order valence-corrected chi connectivity index (χ4v) is 0.621. The van der Waals surface area contributed by atoms with Gasteiger partial charge in [0.05, 0.1) is 5.71 Å². The molecule has 0 saturated heterocycles. The second kappa shape index (κ2) is 6.09. The zero-order valence-electron chi connectivity index (χ0n) is 7.25. The van der Waals surface area contributed by atoms with Crippen LogP contribution in [0, 0.1) is 0 Å². The van der Waals surface area contributed by atoms with Crippen LogP contribution in [0.2, 0.25) is 0 Å². The molecule has 12 heavy (non-hydrogen) atoms. The molecule has 0 aromatic heterocycles. The van der Waals surface area contributed by atoms with Crippen LogP contribution in [0.3, 0.4) is 0 Å². The van der Waals surface area contributed by atoms with Gasteiger partial charge in [0.2, 0.25) is 0 Å². The molecule has 0 rings (SSSR count). The van der Waals surface area contributed by atoms with Crippen molar-refractivity contribution in [3.8, 4) is 0 Å². The summed E-state index contributed by atoms with van der Waals surface area (Å²) in [6, 6.07) is 0. The average molecular weight is 163 g/mol. The molecule has 0 fully saturated rings. The normalized spacial score (nSPS) is 12.1. The predicted molar refractivity (Wildman–Crippen MR) is 54.3 cm³/mol. The first-order valence-electron chi connectivity index (χ1n) is 3.48. The van der Waals surface area contributed by atoms with Crippen LogP contribution in [0.4, 0.5) is 0 Å². The van der Waals surface area contributed by atoms with E-state index in [1.807, 2.05) is 6.92 Å². The molecule has 0 aromatic rings. The number of aliphatic imine (C=N–C) groups is 2. The quantitative estimate of drug-likeness (QED) is 0.498. The summed E-state index contributed by atoms with van der Waals surface area (Å²) < 4.78 is 0. The molecule has 0 aliphatic heterocycles. The highest BCUT2D eigenvalue weighted by Gasteiger charge is 1.97. The van der Waals surface area contributed by atoms with Crippen LogP contribution in [-0.4, -0.2) is 11.5 Å². The Balaban J connectivity index is 4.60. The topological polar surface area (TPSA) is 36.8 Å². The summed E-state index contributed by atoms with van der Waals surface area (Å²) in [6.07, 6.45) is 4.43. The van der Waals surface area contributed by atoms with Crippen LogP contribution in [-0.2, 0) is 0 Å². The van der Waals surface area contributed by atoms with E-state index in [0.717, 1.165) is 5.71 Å². The molecule has 0 atom stereocenters. The van der Waals surface area contributed by atoms with E-state index in [0.29, 0.717) is 5.84 Å². The third-order valence-corrected chi connectivity index (χ3v) is 1.09. The molecule has 0 saturated carbocycles. The third kappa shape index (κ3) is 3.51. The van der Waals surface area contributed by atoms with E-state index in [1.165, 1.54) is 18.6 Å². The first-order valence-corrected chi connectivity index (χ1v) is 3.48. The maximum atomic E-state index is 3.95. The lowest BCUT2D eigenvalue weighted by atomic mass is 10.4. The Morgan fingerprint density at radius 2 is 1.75 bits per heavy atom. The molecule has 64 valence electrons. The maximum absolute atomic E-state index is 3.95. The number of nitrogens with one attached hydrogen (secondary N) is 1. The van der Waals surface area contributed by atoms with Crippen molar-refractivity contribution < 1.29 is 0 Å². The number of amidine groups is 1. The SMILES string of the molecule is C=C/N=C(C)\C(=N/C=C)NC=C. The van der Waals surface area contributed by atoms with Crippen LogP contribution in [0.1, 0.15) is 6.92 Å². The monoisotopic (exact) mass is 163 g/mol. The summed E-state index contributed by atoms with van der Waals surface area (Å²) in [5, 5.41) is 2.83. The number of nitrogens with zero attached hydrogens (tertiary/aromatic N) is 2. The van der Waals surface area contributed by atoms with E-state index in [9.17, 15) is 0 Å². The van der Waals surface area contributed by atoms with Crippen molar-refractivity contribution in [3.63, 3.8) is 0 Å². The van der Waals surface area contributed by atoms with Gasteiger partial charge in [-0.15, -0.1) is 0 Å². The highest BCUT2D eigenvalue weighted by atomic mass is 15.0. The summed E-state index contributed by atoms with van der Waals surface area (Å²) in [7, 11) is 0. The van der Waals surface area contributed by atoms with Crippen molar-refractivity contribution in [2.75, 3.05) is 0 Å². The van der Waals surface area contributed by atoms with Crippen molar-refractivity contribution in [2.24, 2.45) is 9.98 Å². The molecule has 0 spiro atoms. The Labute approximate surface area is 72.9 Å². The molecule has 3 heteroatoms.